The van der Waals surface area contributed by atoms with Crippen LogP contribution in [0.5, 0.6) is 0 Å². The van der Waals surface area contributed by atoms with Crippen LogP contribution in [0.25, 0.3) is 21.9 Å². The number of nitrogens with zero attached hydrogens (tertiary/aromatic N) is 3. The number of aryl methyl sites for hydroxylation is 2. The first-order valence-corrected chi connectivity index (χ1v) is 6.67. The lowest BCUT2D eigenvalue weighted by atomic mass is 10.2. The van der Waals surface area contributed by atoms with Crippen LogP contribution in [-0.2, 0) is 11.3 Å². The number of carbonyl (C=O) groups is 1. The first-order valence-electron chi connectivity index (χ1n) is 6.67. The minimum Gasteiger partial charge on any atom is -0.382 e. The molecule has 0 aliphatic rings. The number of fused-ring (bicyclic) bond motifs is 3. The number of rotatable bonds is 4. The number of imidazole rings is 1. The van der Waals surface area contributed by atoms with Crippen LogP contribution in [0.15, 0.2) is 24.3 Å². The number of hydrogen-bond donors (Lipinski definition) is 1. The molecule has 2 N–H and O–H groups in total. The molecule has 2 aromatic heterocycles. The number of anilines is 1. The summed E-state index contributed by atoms with van der Waals surface area (Å²) in [6.45, 7) is 2.71. The Bertz CT molecular complexity index is 791. The summed E-state index contributed by atoms with van der Waals surface area (Å²) >= 11 is 0. The van der Waals surface area contributed by atoms with E-state index in [0.717, 1.165) is 47.0 Å². The van der Waals surface area contributed by atoms with Crippen molar-refractivity contribution in [1.29, 1.82) is 0 Å². The quantitative estimate of drug-likeness (QED) is 0.582. The molecule has 5 heteroatoms. The number of nitrogen functional groups attached to an aromatic ring is 1. The van der Waals surface area contributed by atoms with Crippen LogP contribution in [0, 0.1) is 6.92 Å². The van der Waals surface area contributed by atoms with E-state index in [0.29, 0.717) is 12.2 Å². The zero-order chi connectivity index (χ0) is 14.1. The van der Waals surface area contributed by atoms with Gasteiger partial charge in [0.05, 0.1) is 11.0 Å². The second-order valence-corrected chi connectivity index (χ2v) is 4.83. The molecule has 1 aromatic carbocycles. The number of pyridine rings is 1. The molecule has 0 atom stereocenters. The van der Waals surface area contributed by atoms with Crippen molar-refractivity contribution < 1.29 is 4.79 Å². The average Bonchev–Trinajstić information content (AvgIpc) is 2.78. The SMILES string of the molecule is Cc1nc2c(N)nc3ccccc3c2n1CCCC=O. The van der Waals surface area contributed by atoms with Crippen molar-refractivity contribution in [3.05, 3.63) is 30.1 Å². The first-order chi connectivity index (χ1) is 9.72. The average molecular weight is 268 g/mol. The normalized spacial score (nSPS) is 11.2. The molecule has 0 saturated heterocycles. The van der Waals surface area contributed by atoms with E-state index in [1.165, 1.54) is 0 Å². The third-order valence-corrected chi connectivity index (χ3v) is 3.50. The lowest BCUT2D eigenvalue weighted by Crippen LogP contribution is -2.02. The van der Waals surface area contributed by atoms with Crippen molar-refractivity contribution in [1.82, 2.24) is 14.5 Å². The van der Waals surface area contributed by atoms with Crippen molar-refractivity contribution in [3.63, 3.8) is 0 Å². The van der Waals surface area contributed by atoms with Gasteiger partial charge < -0.3 is 15.1 Å². The van der Waals surface area contributed by atoms with Crippen LogP contribution < -0.4 is 5.73 Å². The molecule has 2 heterocycles. The largest absolute Gasteiger partial charge is 0.382 e. The Morgan fingerprint density at radius 2 is 2.10 bits per heavy atom. The summed E-state index contributed by atoms with van der Waals surface area (Å²) in [4.78, 5) is 19.4. The first kappa shape index (κ1) is 12.6. The summed E-state index contributed by atoms with van der Waals surface area (Å²) in [5.41, 5.74) is 8.64. The smallest absolute Gasteiger partial charge is 0.152 e. The Morgan fingerprint density at radius 1 is 1.30 bits per heavy atom. The van der Waals surface area contributed by atoms with Gasteiger partial charge in [0.25, 0.3) is 0 Å². The second kappa shape index (κ2) is 4.92. The van der Waals surface area contributed by atoms with Crippen LogP contribution in [0.1, 0.15) is 18.7 Å². The van der Waals surface area contributed by atoms with Crippen LogP contribution in [0.3, 0.4) is 0 Å². The van der Waals surface area contributed by atoms with Crippen molar-refractivity contribution in [2.75, 3.05) is 5.73 Å². The van der Waals surface area contributed by atoms with Crippen LogP contribution in [0.2, 0.25) is 0 Å². The number of aromatic nitrogens is 3. The zero-order valence-corrected chi connectivity index (χ0v) is 11.3. The topological polar surface area (TPSA) is 73.8 Å². The van der Waals surface area contributed by atoms with Crippen molar-refractivity contribution >= 4 is 34.0 Å². The Kier molecular flexibility index (Phi) is 3.10. The van der Waals surface area contributed by atoms with Crippen LogP contribution in [-0.4, -0.2) is 20.8 Å². The predicted molar refractivity (Wildman–Crippen MR) is 79.5 cm³/mol. The standard InChI is InChI=1S/C15H16N4O/c1-10-17-13-14(19(10)8-4-5-9-20)11-6-2-3-7-12(11)18-15(13)16/h2-3,6-7,9H,4-5,8H2,1H3,(H2,16,18). The van der Waals surface area contributed by atoms with E-state index in [4.69, 9.17) is 5.73 Å². The van der Waals surface area contributed by atoms with Gasteiger partial charge in [0, 0.05) is 18.4 Å². The zero-order valence-electron chi connectivity index (χ0n) is 11.3. The number of para-hydroxylation sites is 1. The van der Waals surface area contributed by atoms with Gasteiger partial charge in [0.2, 0.25) is 0 Å². The summed E-state index contributed by atoms with van der Waals surface area (Å²) in [7, 11) is 0. The maximum absolute atomic E-state index is 10.5. The second-order valence-electron chi connectivity index (χ2n) is 4.83. The van der Waals surface area contributed by atoms with Gasteiger partial charge in [-0.05, 0) is 19.4 Å². The Morgan fingerprint density at radius 3 is 2.90 bits per heavy atom. The molecule has 0 aliphatic heterocycles. The van der Waals surface area contributed by atoms with Crippen molar-refractivity contribution in [2.24, 2.45) is 0 Å². The summed E-state index contributed by atoms with van der Waals surface area (Å²) in [6, 6.07) is 7.91. The Hall–Kier alpha value is -2.43. The number of hydrogen-bond acceptors (Lipinski definition) is 4. The molecule has 0 saturated carbocycles. The summed E-state index contributed by atoms with van der Waals surface area (Å²) < 4.78 is 2.12. The summed E-state index contributed by atoms with van der Waals surface area (Å²) in [5.74, 6) is 1.35. The van der Waals surface area contributed by atoms with Gasteiger partial charge >= 0.3 is 0 Å². The molecule has 102 valence electrons. The highest BCUT2D eigenvalue weighted by Crippen LogP contribution is 2.28. The van der Waals surface area contributed by atoms with E-state index in [-0.39, 0.29) is 0 Å². The highest BCUT2D eigenvalue weighted by molar-refractivity contribution is 6.06. The lowest BCUT2D eigenvalue weighted by molar-refractivity contribution is -0.107. The number of unbranched alkanes of at least 4 members (excludes halogenated alkanes) is 1. The molecular formula is C15H16N4O. The van der Waals surface area contributed by atoms with Gasteiger partial charge in [-0.2, -0.15) is 0 Å². The van der Waals surface area contributed by atoms with Gasteiger partial charge in [-0.1, -0.05) is 18.2 Å². The molecule has 5 nitrogen and oxygen atoms in total. The molecule has 3 rings (SSSR count). The fraction of sp³-hybridized carbons (Fsp3) is 0.267. The molecular weight excluding hydrogens is 252 g/mol. The molecule has 20 heavy (non-hydrogen) atoms. The maximum atomic E-state index is 10.5. The highest BCUT2D eigenvalue weighted by atomic mass is 16.1. The molecule has 3 aromatic rings. The number of benzene rings is 1. The summed E-state index contributed by atoms with van der Waals surface area (Å²) in [5, 5.41) is 1.04. The van der Waals surface area contributed by atoms with Crippen molar-refractivity contribution in [2.45, 2.75) is 26.3 Å². The van der Waals surface area contributed by atoms with E-state index >= 15 is 0 Å². The fourth-order valence-corrected chi connectivity index (χ4v) is 2.58. The number of nitrogens with two attached hydrogens (primary N) is 1. The monoisotopic (exact) mass is 268 g/mol. The van der Waals surface area contributed by atoms with Gasteiger partial charge in [0.15, 0.2) is 5.82 Å². The van der Waals surface area contributed by atoms with E-state index in [9.17, 15) is 4.79 Å². The van der Waals surface area contributed by atoms with Crippen LogP contribution >= 0.6 is 0 Å². The van der Waals surface area contributed by atoms with Crippen LogP contribution in [0.4, 0.5) is 5.82 Å². The van der Waals surface area contributed by atoms with E-state index < -0.39 is 0 Å². The molecule has 0 spiro atoms. The van der Waals surface area contributed by atoms with Gasteiger partial charge in [-0.15, -0.1) is 0 Å². The third-order valence-electron chi connectivity index (χ3n) is 3.50. The maximum Gasteiger partial charge on any atom is 0.152 e. The minimum absolute atomic E-state index is 0.455. The highest BCUT2D eigenvalue weighted by Gasteiger charge is 2.14. The minimum atomic E-state index is 0.455. The molecule has 0 aliphatic carbocycles. The third kappa shape index (κ3) is 1.91. The van der Waals surface area contributed by atoms with E-state index in [2.05, 4.69) is 14.5 Å². The lowest BCUT2D eigenvalue weighted by Gasteiger charge is -2.08. The Balaban J connectivity index is 2.28. The van der Waals surface area contributed by atoms with Gasteiger partial charge in [-0.3, -0.25) is 0 Å². The summed E-state index contributed by atoms with van der Waals surface area (Å²) in [6.07, 6.45) is 2.30. The molecule has 0 fully saturated rings. The number of aldehydes is 1. The molecule has 0 amide bonds. The predicted octanol–water partition coefficient (Wildman–Crippen LogP) is 2.45. The van der Waals surface area contributed by atoms with E-state index in [1.807, 2.05) is 31.2 Å². The molecule has 0 radical (unpaired) electrons. The van der Waals surface area contributed by atoms with E-state index in [1.54, 1.807) is 0 Å². The Labute approximate surface area is 116 Å². The number of carbonyl (C=O) groups excluding carboxylic acids is 1. The van der Waals surface area contributed by atoms with Crippen molar-refractivity contribution in [3.8, 4) is 0 Å². The van der Waals surface area contributed by atoms with Gasteiger partial charge in [-0.25, -0.2) is 9.97 Å². The molecule has 0 bridgehead atoms. The molecule has 0 unspecified atom stereocenters. The van der Waals surface area contributed by atoms with Gasteiger partial charge in [0.1, 0.15) is 17.6 Å². The fourth-order valence-electron chi connectivity index (χ4n) is 2.58.